The summed E-state index contributed by atoms with van der Waals surface area (Å²) in [6, 6.07) is 0. The second-order valence-corrected chi connectivity index (χ2v) is 16.7. The van der Waals surface area contributed by atoms with Crippen LogP contribution < -0.4 is 0 Å². The van der Waals surface area contributed by atoms with E-state index in [2.05, 4.69) is 106 Å². The smallest absolute Gasteiger partial charge is 0.306 e. The maximum absolute atomic E-state index is 12.7. The van der Waals surface area contributed by atoms with Gasteiger partial charge in [-0.05, 0) is 83.5 Å². The lowest BCUT2D eigenvalue weighted by molar-refractivity contribution is -0.167. The van der Waals surface area contributed by atoms with Gasteiger partial charge in [0.25, 0.3) is 0 Å². The zero-order valence-corrected chi connectivity index (χ0v) is 40.4. The first-order valence-electron chi connectivity index (χ1n) is 25.6. The van der Waals surface area contributed by atoms with Crippen LogP contribution in [0.15, 0.2) is 85.1 Å². The molecule has 6 nitrogen and oxygen atoms in total. The van der Waals surface area contributed by atoms with Crippen LogP contribution in [0.5, 0.6) is 0 Å². The highest BCUT2D eigenvalue weighted by atomic mass is 16.6. The van der Waals surface area contributed by atoms with Gasteiger partial charge >= 0.3 is 17.9 Å². The minimum atomic E-state index is -0.816. The van der Waals surface area contributed by atoms with Gasteiger partial charge in [-0.2, -0.15) is 0 Å². The highest BCUT2D eigenvalue weighted by Gasteiger charge is 2.19. The summed E-state index contributed by atoms with van der Waals surface area (Å²) in [5.41, 5.74) is 0. The van der Waals surface area contributed by atoms with Crippen LogP contribution in [-0.4, -0.2) is 37.2 Å². The van der Waals surface area contributed by atoms with Gasteiger partial charge in [0, 0.05) is 19.3 Å². The zero-order valence-electron chi connectivity index (χ0n) is 40.4. The predicted molar refractivity (Wildman–Crippen MR) is 265 cm³/mol. The molecule has 0 saturated carbocycles. The molecule has 0 saturated heterocycles. The average molecular weight is 863 g/mol. The van der Waals surface area contributed by atoms with Crippen LogP contribution in [0.1, 0.15) is 233 Å². The van der Waals surface area contributed by atoms with E-state index in [-0.39, 0.29) is 37.5 Å². The van der Waals surface area contributed by atoms with Gasteiger partial charge in [-0.3, -0.25) is 14.4 Å². The third kappa shape index (κ3) is 47.6. The van der Waals surface area contributed by atoms with Crippen LogP contribution in [0, 0.1) is 0 Å². The molecular formula is C56H94O6. The van der Waals surface area contributed by atoms with E-state index in [1.807, 2.05) is 0 Å². The normalized spacial score (nSPS) is 12.8. The Morgan fingerprint density at radius 3 is 1.03 bits per heavy atom. The number of hydrogen-bond acceptors (Lipinski definition) is 6. The van der Waals surface area contributed by atoms with Crippen molar-refractivity contribution >= 4 is 17.9 Å². The first-order valence-corrected chi connectivity index (χ1v) is 25.6. The Morgan fingerprint density at radius 2 is 0.645 bits per heavy atom. The number of ether oxygens (including phenoxy) is 3. The number of esters is 3. The number of rotatable bonds is 45. The number of carbonyl (C=O) groups is 3. The van der Waals surface area contributed by atoms with E-state index in [0.717, 1.165) is 89.9 Å². The summed E-state index contributed by atoms with van der Waals surface area (Å²) in [7, 11) is 0. The molecule has 0 fully saturated rings. The molecule has 0 aromatic heterocycles. The van der Waals surface area contributed by atoms with E-state index in [1.165, 1.54) is 96.3 Å². The molecule has 0 spiro atoms. The van der Waals surface area contributed by atoms with E-state index < -0.39 is 6.10 Å². The first kappa shape index (κ1) is 58.6. The summed E-state index contributed by atoms with van der Waals surface area (Å²) in [4.78, 5) is 37.8. The topological polar surface area (TPSA) is 78.9 Å². The van der Waals surface area contributed by atoms with Crippen molar-refractivity contribution in [1.82, 2.24) is 0 Å². The fourth-order valence-corrected chi connectivity index (χ4v) is 6.87. The van der Waals surface area contributed by atoms with E-state index in [1.54, 1.807) is 0 Å². The third-order valence-corrected chi connectivity index (χ3v) is 10.6. The molecule has 0 amide bonds. The van der Waals surface area contributed by atoms with Gasteiger partial charge in [0.15, 0.2) is 6.10 Å². The first-order chi connectivity index (χ1) is 30.5. The summed E-state index contributed by atoms with van der Waals surface area (Å²) in [6.07, 6.45) is 64.5. The molecule has 0 bridgehead atoms. The number of allylic oxidation sites excluding steroid dienone is 14. The van der Waals surface area contributed by atoms with Crippen molar-refractivity contribution in [2.24, 2.45) is 0 Å². The Hall–Kier alpha value is -3.41. The minimum Gasteiger partial charge on any atom is -0.462 e. The molecule has 0 N–H and O–H groups in total. The summed E-state index contributed by atoms with van der Waals surface area (Å²) in [6.45, 7) is 6.32. The van der Waals surface area contributed by atoms with Gasteiger partial charge < -0.3 is 14.2 Å². The average Bonchev–Trinajstić information content (AvgIpc) is 3.27. The van der Waals surface area contributed by atoms with Crippen LogP contribution in [0.4, 0.5) is 0 Å². The highest BCUT2D eigenvalue weighted by Crippen LogP contribution is 2.15. The Kier molecular flexibility index (Phi) is 47.5. The second kappa shape index (κ2) is 50.2. The van der Waals surface area contributed by atoms with Crippen LogP contribution in [0.25, 0.3) is 0 Å². The van der Waals surface area contributed by atoms with E-state index in [9.17, 15) is 14.4 Å². The zero-order chi connectivity index (χ0) is 45.1. The monoisotopic (exact) mass is 863 g/mol. The standard InChI is InChI=1S/C56H94O6/c1-4-7-10-13-16-19-21-23-25-27-29-30-32-34-37-40-43-46-49-55(58)61-52-53(51-60-54(57)48-45-42-39-36-18-15-12-9-6-3)62-56(59)50-47-44-41-38-35-33-31-28-26-24-22-20-17-14-11-8-5-2/h8-9,11-12,17-18,20,24,26,31,33,36,38,41,53H,4-7,10,13-16,19,21-23,25,27-30,32,34-35,37,39-40,42-52H2,1-3H3/b11-8-,12-9-,20-17-,26-24-,33-31-,36-18-,41-38-. The third-order valence-electron chi connectivity index (χ3n) is 10.6. The molecule has 0 heterocycles. The molecular weight excluding hydrogens is 769 g/mol. The molecule has 0 aliphatic carbocycles. The predicted octanol–water partition coefficient (Wildman–Crippen LogP) is 16.8. The van der Waals surface area contributed by atoms with Crippen LogP contribution in [0.3, 0.4) is 0 Å². The van der Waals surface area contributed by atoms with Gasteiger partial charge in [-0.1, -0.05) is 215 Å². The fraction of sp³-hybridized carbons (Fsp3) is 0.696. The van der Waals surface area contributed by atoms with E-state index >= 15 is 0 Å². The van der Waals surface area contributed by atoms with Gasteiger partial charge in [-0.25, -0.2) is 0 Å². The number of hydrogen-bond donors (Lipinski definition) is 0. The second-order valence-electron chi connectivity index (χ2n) is 16.7. The molecule has 0 aliphatic heterocycles. The molecule has 62 heavy (non-hydrogen) atoms. The molecule has 0 aromatic carbocycles. The van der Waals surface area contributed by atoms with Crippen molar-refractivity contribution in [2.75, 3.05) is 13.2 Å². The lowest BCUT2D eigenvalue weighted by Gasteiger charge is -2.18. The van der Waals surface area contributed by atoms with E-state index in [0.29, 0.717) is 19.3 Å². The van der Waals surface area contributed by atoms with Crippen molar-refractivity contribution in [3.8, 4) is 0 Å². The molecule has 0 aromatic rings. The molecule has 0 rings (SSSR count). The Morgan fingerprint density at radius 1 is 0.339 bits per heavy atom. The lowest BCUT2D eigenvalue weighted by atomic mass is 10.0. The van der Waals surface area contributed by atoms with Crippen molar-refractivity contribution in [1.29, 1.82) is 0 Å². The minimum absolute atomic E-state index is 0.108. The Bertz CT molecular complexity index is 1220. The molecule has 0 radical (unpaired) electrons. The SMILES string of the molecule is CC/C=C\C/C=C\C/C=C\C/C=C\C/C=C\CCCC(=O)OC(COC(=O)CCCC/C=C\C/C=C\CC)COC(=O)CCCCCCCCCCCCCCCCCCCC. The fourth-order valence-electron chi connectivity index (χ4n) is 6.87. The summed E-state index contributed by atoms with van der Waals surface area (Å²) in [5.74, 6) is -1.01. The summed E-state index contributed by atoms with van der Waals surface area (Å²) >= 11 is 0. The van der Waals surface area contributed by atoms with Crippen molar-refractivity contribution < 1.29 is 28.6 Å². The molecule has 354 valence electrons. The maximum atomic E-state index is 12.7. The summed E-state index contributed by atoms with van der Waals surface area (Å²) in [5, 5.41) is 0. The number of unbranched alkanes of at least 4 members (excludes halogenated alkanes) is 20. The van der Waals surface area contributed by atoms with Crippen LogP contribution >= 0.6 is 0 Å². The Labute approximate surface area is 382 Å². The molecule has 0 aliphatic rings. The molecule has 1 atom stereocenters. The van der Waals surface area contributed by atoms with Gasteiger partial charge in [0.1, 0.15) is 13.2 Å². The van der Waals surface area contributed by atoms with Crippen LogP contribution in [-0.2, 0) is 28.6 Å². The largest absolute Gasteiger partial charge is 0.462 e. The number of carbonyl (C=O) groups excluding carboxylic acids is 3. The van der Waals surface area contributed by atoms with Gasteiger partial charge in [0.05, 0.1) is 0 Å². The summed E-state index contributed by atoms with van der Waals surface area (Å²) < 4.78 is 16.7. The van der Waals surface area contributed by atoms with Crippen molar-refractivity contribution in [3.63, 3.8) is 0 Å². The van der Waals surface area contributed by atoms with Gasteiger partial charge in [-0.15, -0.1) is 0 Å². The van der Waals surface area contributed by atoms with Crippen LogP contribution in [0.2, 0.25) is 0 Å². The van der Waals surface area contributed by atoms with E-state index in [4.69, 9.17) is 14.2 Å². The van der Waals surface area contributed by atoms with Crippen molar-refractivity contribution in [3.05, 3.63) is 85.1 Å². The molecule has 1 unspecified atom stereocenters. The lowest BCUT2D eigenvalue weighted by Crippen LogP contribution is -2.30. The Balaban J connectivity index is 4.41. The van der Waals surface area contributed by atoms with Crippen molar-refractivity contribution in [2.45, 2.75) is 239 Å². The quantitative estimate of drug-likeness (QED) is 0.0263. The van der Waals surface area contributed by atoms with Gasteiger partial charge in [0.2, 0.25) is 0 Å². The highest BCUT2D eigenvalue weighted by molar-refractivity contribution is 5.71. The molecule has 6 heteroatoms. The maximum Gasteiger partial charge on any atom is 0.306 e.